The van der Waals surface area contributed by atoms with Gasteiger partial charge in [0.25, 0.3) is 5.91 Å². The van der Waals surface area contributed by atoms with Crippen molar-refractivity contribution >= 4 is 68.9 Å². The Morgan fingerprint density at radius 2 is 1.72 bits per heavy atom. The quantitative estimate of drug-likeness (QED) is 0.144. The minimum Gasteiger partial charge on any atom is -0.385 e. The number of carbonyl (C=O) groups excluding carboxylic acids is 3. The predicted octanol–water partition coefficient (Wildman–Crippen LogP) is 4.63. The lowest BCUT2D eigenvalue weighted by Gasteiger charge is -2.36. The Hall–Kier alpha value is -6.26. The number of aryl methyl sites for hydroxylation is 1. The van der Waals surface area contributed by atoms with Crippen LogP contribution in [-0.2, 0) is 23.2 Å². The van der Waals surface area contributed by atoms with Crippen LogP contribution in [0.2, 0.25) is 5.02 Å². The first kappa shape index (κ1) is 37.3. The molecule has 9 rings (SSSR count). The summed E-state index contributed by atoms with van der Waals surface area (Å²) in [5.74, 6) is -0.757. The van der Waals surface area contributed by atoms with E-state index in [2.05, 4.69) is 65.4 Å². The van der Waals surface area contributed by atoms with Crippen molar-refractivity contribution in [2.45, 2.75) is 44.1 Å². The third-order valence-electron chi connectivity index (χ3n) is 11.3. The van der Waals surface area contributed by atoms with E-state index in [1.807, 2.05) is 36.4 Å². The fourth-order valence-corrected chi connectivity index (χ4v) is 8.14. The van der Waals surface area contributed by atoms with Gasteiger partial charge in [0.15, 0.2) is 17.2 Å². The predicted molar refractivity (Wildman–Crippen MR) is 220 cm³/mol. The van der Waals surface area contributed by atoms with Gasteiger partial charge >= 0.3 is 5.69 Å². The third kappa shape index (κ3) is 6.91. The Bertz CT molecular complexity index is 2670. The summed E-state index contributed by atoms with van der Waals surface area (Å²) in [5, 5.41) is 16.7. The third-order valence-corrected chi connectivity index (χ3v) is 11.7. The maximum atomic E-state index is 13.5. The molecule has 0 bridgehead atoms. The Kier molecular flexibility index (Phi) is 9.60. The second-order valence-corrected chi connectivity index (χ2v) is 15.4. The summed E-state index contributed by atoms with van der Waals surface area (Å²) < 4.78 is 18.0. The molecule has 4 N–H and O–H groups in total. The number of amides is 3. The number of benzene rings is 3. The van der Waals surface area contributed by atoms with Crippen LogP contribution in [-0.4, -0.2) is 91.8 Å². The van der Waals surface area contributed by atoms with Crippen molar-refractivity contribution in [3.05, 3.63) is 99.7 Å². The molecule has 298 valence electrons. The van der Waals surface area contributed by atoms with Crippen LogP contribution in [0, 0.1) is 0 Å². The van der Waals surface area contributed by atoms with Crippen molar-refractivity contribution in [3.63, 3.8) is 0 Å². The van der Waals surface area contributed by atoms with Gasteiger partial charge in [0.2, 0.25) is 11.8 Å². The van der Waals surface area contributed by atoms with Gasteiger partial charge in [-0.1, -0.05) is 41.9 Å². The second kappa shape index (κ2) is 14.9. The molecule has 3 aliphatic rings. The van der Waals surface area contributed by atoms with Crippen molar-refractivity contribution in [1.29, 1.82) is 0 Å². The molecule has 15 nitrogen and oxygen atoms in total. The van der Waals surface area contributed by atoms with Crippen molar-refractivity contribution in [3.8, 4) is 11.1 Å². The molecule has 5 heterocycles. The molecule has 3 aromatic heterocycles. The van der Waals surface area contributed by atoms with Crippen LogP contribution in [0.3, 0.4) is 0 Å². The topological polar surface area (TPSA) is 163 Å². The zero-order valence-electron chi connectivity index (χ0n) is 31.8. The Labute approximate surface area is 336 Å². The number of imidazole rings is 2. The normalized spacial score (nSPS) is 19.7. The number of halogens is 2. The average Bonchev–Trinajstić information content (AvgIpc) is 3.64. The van der Waals surface area contributed by atoms with Gasteiger partial charge in [-0.05, 0) is 53.4 Å². The Balaban J connectivity index is 0.846. The van der Waals surface area contributed by atoms with E-state index in [1.165, 1.54) is 15.3 Å². The molecular formula is C41H41ClFN11O4. The van der Waals surface area contributed by atoms with E-state index in [0.29, 0.717) is 51.9 Å². The number of carbonyl (C=O) groups is 3. The molecule has 2 saturated heterocycles. The maximum absolute atomic E-state index is 13.5. The number of fused-ring (bicyclic) bond motifs is 2. The zero-order chi connectivity index (χ0) is 40.2. The van der Waals surface area contributed by atoms with Crippen LogP contribution < -0.4 is 31.9 Å². The molecule has 3 fully saturated rings. The molecule has 17 heteroatoms. The first-order valence-electron chi connectivity index (χ1n) is 19.2. The molecule has 6 aromatic rings. The van der Waals surface area contributed by atoms with Gasteiger partial charge < -0.3 is 20.9 Å². The minimum absolute atomic E-state index is 0.194. The summed E-state index contributed by atoms with van der Waals surface area (Å²) in [4.78, 5) is 59.5. The monoisotopic (exact) mass is 805 g/mol. The minimum atomic E-state index is -1.02. The van der Waals surface area contributed by atoms with Crippen LogP contribution in [0.25, 0.3) is 27.8 Å². The summed E-state index contributed by atoms with van der Waals surface area (Å²) in [6, 6.07) is 20.6. The summed E-state index contributed by atoms with van der Waals surface area (Å²) in [7, 11) is 3.46. The highest BCUT2D eigenvalue weighted by molar-refractivity contribution is 6.34. The van der Waals surface area contributed by atoms with Gasteiger partial charge in [-0.3, -0.25) is 33.7 Å². The number of nitrogens with one attached hydrogen (secondary N) is 4. The lowest BCUT2D eigenvalue weighted by Crippen LogP contribution is -2.46. The van der Waals surface area contributed by atoms with E-state index in [0.717, 1.165) is 48.6 Å². The van der Waals surface area contributed by atoms with Gasteiger partial charge in [0, 0.05) is 71.4 Å². The number of piperazine rings is 1. The van der Waals surface area contributed by atoms with Gasteiger partial charge in [0.05, 0.1) is 39.7 Å². The van der Waals surface area contributed by atoms with Gasteiger partial charge in [-0.2, -0.15) is 0 Å². The number of piperidine rings is 1. The molecule has 2 aliphatic heterocycles. The molecule has 3 atom stereocenters. The number of hydrogen-bond donors (Lipinski definition) is 4. The van der Waals surface area contributed by atoms with Crippen LogP contribution >= 0.6 is 11.6 Å². The van der Waals surface area contributed by atoms with E-state index >= 15 is 0 Å². The number of alkyl halides is 1. The van der Waals surface area contributed by atoms with Gasteiger partial charge in [-0.25, -0.2) is 18.7 Å². The number of imide groups is 1. The Morgan fingerprint density at radius 3 is 2.45 bits per heavy atom. The van der Waals surface area contributed by atoms with Crippen molar-refractivity contribution < 1.29 is 18.8 Å². The Morgan fingerprint density at radius 1 is 0.966 bits per heavy atom. The molecule has 3 aromatic carbocycles. The summed E-state index contributed by atoms with van der Waals surface area (Å²) in [6.07, 6.45) is 1.20. The van der Waals surface area contributed by atoms with E-state index in [4.69, 9.17) is 11.6 Å². The van der Waals surface area contributed by atoms with E-state index in [-0.39, 0.29) is 30.1 Å². The molecule has 1 aliphatic carbocycles. The van der Waals surface area contributed by atoms with Crippen molar-refractivity contribution in [2.24, 2.45) is 7.05 Å². The van der Waals surface area contributed by atoms with Crippen LogP contribution in [0.5, 0.6) is 0 Å². The molecule has 1 saturated carbocycles. The molecule has 58 heavy (non-hydrogen) atoms. The molecule has 0 radical (unpaired) electrons. The van der Waals surface area contributed by atoms with Crippen LogP contribution in [0.1, 0.15) is 41.4 Å². The summed E-state index contributed by atoms with van der Waals surface area (Å²) in [6.45, 7) is 4.00. The lowest BCUT2D eigenvalue weighted by molar-refractivity contribution is -0.135. The number of anilines is 4. The number of hydrogen-bond acceptors (Lipinski definition) is 10. The largest absolute Gasteiger partial charge is 0.385 e. The summed E-state index contributed by atoms with van der Waals surface area (Å²) in [5.41, 5.74) is 7.11. The van der Waals surface area contributed by atoms with Gasteiger partial charge in [0.1, 0.15) is 12.2 Å². The fraction of sp³-hybridized carbons (Fsp3) is 0.317. The van der Waals surface area contributed by atoms with Crippen LogP contribution in [0.15, 0.2) is 77.7 Å². The molecule has 1 unspecified atom stereocenters. The summed E-state index contributed by atoms with van der Waals surface area (Å²) >= 11 is 6.99. The van der Waals surface area contributed by atoms with Gasteiger partial charge in [-0.15, -0.1) is 5.10 Å². The van der Waals surface area contributed by atoms with E-state index in [9.17, 15) is 23.6 Å². The second-order valence-electron chi connectivity index (χ2n) is 15.0. The molecular weight excluding hydrogens is 765 g/mol. The van der Waals surface area contributed by atoms with Crippen LogP contribution in [0.4, 0.5) is 27.3 Å². The first-order valence-corrected chi connectivity index (χ1v) is 19.6. The van der Waals surface area contributed by atoms with Crippen molar-refractivity contribution in [1.82, 2.24) is 39.3 Å². The molecule has 0 spiro atoms. The smallest absolute Gasteiger partial charge is 0.329 e. The highest BCUT2D eigenvalue weighted by Gasteiger charge is 2.39. The molecule has 3 amide bonds. The lowest BCUT2D eigenvalue weighted by atomic mass is 10.0. The number of nitrogens with zero attached hydrogens (tertiary/aromatic N) is 7. The van der Waals surface area contributed by atoms with Crippen molar-refractivity contribution in [2.75, 3.05) is 48.8 Å². The SMILES string of the molecule is CNc1cc(Nc2cccc(CN3CCN(c4ccc(-c5ccc6c(c5)n(C)c(=O)n6C5CCC(=O)NC5=O)cc4)CC3)c2Cl)nn2c(C(=O)N[C@@H]3C[C@@H]3F)cnc12. The standard InChI is InChI=1S/C41H41ClFN11O4/c1-44-30-20-35(49-54-34(21-45-38(30)54)40(57)47-29-19-27(29)43)46-28-5-3-4-25(37(28)42)22-51-14-16-52(17-15-51)26-9-6-23(7-10-26)24-8-11-31-33(18-24)50(2)41(58)53(31)32-12-13-36(55)48-39(32)56/h3-11,18,20-21,27,29,32,44H,12-17,19,22H2,1-2H3,(H,46,49)(H,47,57)(H,48,55,56)/t27-,29+,32?/m0/s1. The number of rotatable bonds is 10. The van der Waals surface area contributed by atoms with E-state index < -0.39 is 30.1 Å². The first-order chi connectivity index (χ1) is 28.1. The zero-order valence-corrected chi connectivity index (χ0v) is 32.6. The average molecular weight is 806 g/mol. The number of aromatic nitrogens is 5. The maximum Gasteiger partial charge on any atom is 0.329 e. The highest BCUT2D eigenvalue weighted by atomic mass is 35.5. The fourth-order valence-electron chi connectivity index (χ4n) is 7.90. The van der Waals surface area contributed by atoms with E-state index in [1.54, 1.807) is 24.7 Å². The highest BCUT2D eigenvalue weighted by Crippen LogP contribution is 2.33.